The maximum atomic E-state index is 13.5. The van der Waals surface area contributed by atoms with Crippen molar-refractivity contribution in [3.8, 4) is 0 Å². The largest absolute Gasteiger partial charge is 0.313 e. The van der Waals surface area contributed by atoms with Gasteiger partial charge in [-0.15, -0.1) is 0 Å². The molecule has 0 aliphatic carbocycles. The van der Waals surface area contributed by atoms with Crippen LogP contribution in [-0.4, -0.2) is 41.8 Å². The smallest absolute Gasteiger partial charge is 0.252 e. The van der Waals surface area contributed by atoms with Gasteiger partial charge in [-0.1, -0.05) is 32.0 Å². The topological polar surface area (TPSA) is 69.7 Å². The third-order valence-corrected chi connectivity index (χ3v) is 6.27. The number of hydrogen-bond donors (Lipinski definition) is 1. The van der Waals surface area contributed by atoms with Crippen LogP contribution in [0.2, 0.25) is 0 Å². The number of likely N-dealkylation sites (N-methyl/N-ethyl adjacent to an activating group) is 1. The van der Waals surface area contributed by atoms with Crippen molar-refractivity contribution in [3.05, 3.63) is 29.8 Å². The van der Waals surface area contributed by atoms with Crippen molar-refractivity contribution in [3.63, 3.8) is 0 Å². The van der Waals surface area contributed by atoms with E-state index in [-0.39, 0.29) is 29.8 Å². The maximum Gasteiger partial charge on any atom is 0.252 e. The van der Waals surface area contributed by atoms with E-state index in [4.69, 9.17) is 0 Å². The van der Waals surface area contributed by atoms with Gasteiger partial charge in [0.05, 0.1) is 11.8 Å². The van der Waals surface area contributed by atoms with E-state index in [9.17, 15) is 14.4 Å². The molecule has 2 saturated heterocycles. The summed E-state index contributed by atoms with van der Waals surface area (Å²) in [7, 11) is 1.74. The SMILES string of the molecule is CC(C)C[C@@H]1N[C@]2(C(=O)N(C)c3ccccc32)[C@@H]2C(=O)N(C(C)C)C(=O)[C@@H]12. The summed E-state index contributed by atoms with van der Waals surface area (Å²) < 4.78 is 0. The Hall–Kier alpha value is -2.21. The van der Waals surface area contributed by atoms with Crippen molar-refractivity contribution < 1.29 is 14.4 Å². The van der Waals surface area contributed by atoms with E-state index in [1.807, 2.05) is 38.1 Å². The molecule has 3 aliphatic heterocycles. The number of carbonyl (C=O) groups is 3. The second-order valence-corrected chi connectivity index (χ2v) is 8.71. The predicted molar refractivity (Wildman–Crippen MR) is 102 cm³/mol. The number of nitrogens with zero attached hydrogens (tertiary/aromatic N) is 2. The average molecular weight is 369 g/mol. The number of imide groups is 1. The molecule has 0 unspecified atom stereocenters. The van der Waals surface area contributed by atoms with Crippen molar-refractivity contribution in [1.29, 1.82) is 0 Å². The van der Waals surface area contributed by atoms with Crippen LogP contribution in [0.15, 0.2) is 24.3 Å². The maximum absolute atomic E-state index is 13.5. The van der Waals surface area contributed by atoms with Gasteiger partial charge < -0.3 is 4.90 Å². The molecule has 27 heavy (non-hydrogen) atoms. The summed E-state index contributed by atoms with van der Waals surface area (Å²) in [6, 6.07) is 7.18. The number of fused-ring (bicyclic) bond motifs is 4. The Labute approximate surface area is 159 Å². The highest BCUT2D eigenvalue weighted by atomic mass is 16.2. The van der Waals surface area contributed by atoms with Gasteiger partial charge in [-0.25, -0.2) is 0 Å². The van der Waals surface area contributed by atoms with Gasteiger partial charge in [-0.3, -0.25) is 24.6 Å². The molecule has 3 aliphatic rings. The van der Waals surface area contributed by atoms with Gasteiger partial charge in [0.1, 0.15) is 5.54 Å². The first-order chi connectivity index (χ1) is 12.7. The third kappa shape index (κ3) is 2.19. The highest BCUT2D eigenvalue weighted by Gasteiger charge is 2.71. The normalized spacial score (nSPS) is 32.4. The number of likely N-dealkylation sites (tertiary alicyclic amines) is 1. The average Bonchev–Trinajstić information content (AvgIpc) is 3.14. The van der Waals surface area contributed by atoms with Crippen LogP contribution in [0.4, 0.5) is 5.69 Å². The van der Waals surface area contributed by atoms with Gasteiger partial charge in [0.2, 0.25) is 11.8 Å². The van der Waals surface area contributed by atoms with Gasteiger partial charge >= 0.3 is 0 Å². The minimum atomic E-state index is -1.15. The Balaban J connectivity index is 1.91. The lowest BCUT2D eigenvalue weighted by molar-refractivity contribution is -0.144. The molecule has 1 aromatic rings. The van der Waals surface area contributed by atoms with Crippen LogP contribution < -0.4 is 10.2 Å². The number of para-hydroxylation sites is 1. The zero-order valence-corrected chi connectivity index (χ0v) is 16.5. The molecular formula is C21H27N3O3. The number of nitrogens with one attached hydrogen (secondary N) is 1. The number of rotatable bonds is 3. The molecule has 4 rings (SSSR count). The molecule has 0 saturated carbocycles. The molecule has 4 atom stereocenters. The summed E-state index contributed by atoms with van der Waals surface area (Å²) in [5.41, 5.74) is 0.471. The summed E-state index contributed by atoms with van der Waals surface area (Å²) in [4.78, 5) is 43.1. The fourth-order valence-corrected chi connectivity index (χ4v) is 5.30. The van der Waals surface area contributed by atoms with E-state index >= 15 is 0 Å². The molecule has 0 aromatic heterocycles. The first-order valence-electron chi connectivity index (χ1n) is 9.74. The number of anilines is 1. The summed E-state index contributed by atoms with van der Waals surface area (Å²) in [6.07, 6.45) is 0.743. The monoisotopic (exact) mass is 369 g/mol. The van der Waals surface area contributed by atoms with Gasteiger partial charge in [-0.2, -0.15) is 0 Å². The lowest BCUT2D eigenvalue weighted by Crippen LogP contribution is -2.55. The molecule has 3 heterocycles. The molecule has 3 amide bonds. The Kier molecular flexibility index (Phi) is 3.97. The molecule has 0 radical (unpaired) electrons. The number of amides is 3. The Morgan fingerprint density at radius 1 is 1.07 bits per heavy atom. The zero-order valence-electron chi connectivity index (χ0n) is 16.5. The van der Waals surface area contributed by atoms with E-state index in [0.29, 0.717) is 5.92 Å². The van der Waals surface area contributed by atoms with E-state index in [0.717, 1.165) is 17.7 Å². The van der Waals surface area contributed by atoms with Crippen LogP contribution >= 0.6 is 0 Å². The molecule has 1 spiro atoms. The summed E-state index contributed by atoms with van der Waals surface area (Å²) >= 11 is 0. The van der Waals surface area contributed by atoms with Gasteiger partial charge in [0, 0.05) is 30.4 Å². The number of carbonyl (C=O) groups excluding carboxylic acids is 3. The number of hydrogen-bond acceptors (Lipinski definition) is 4. The lowest BCUT2D eigenvalue weighted by Gasteiger charge is -2.31. The number of benzene rings is 1. The minimum absolute atomic E-state index is 0.142. The fraction of sp³-hybridized carbons (Fsp3) is 0.571. The van der Waals surface area contributed by atoms with Gasteiger partial charge in [0.15, 0.2) is 0 Å². The highest BCUT2D eigenvalue weighted by Crippen LogP contribution is 2.55. The van der Waals surface area contributed by atoms with Crippen molar-refractivity contribution in [2.45, 2.75) is 51.7 Å². The van der Waals surface area contributed by atoms with Crippen molar-refractivity contribution in [2.75, 3.05) is 11.9 Å². The van der Waals surface area contributed by atoms with Crippen LogP contribution in [0.25, 0.3) is 0 Å². The van der Waals surface area contributed by atoms with Crippen molar-refractivity contribution in [2.24, 2.45) is 17.8 Å². The Bertz CT molecular complexity index is 834. The molecule has 0 bridgehead atoms. The Morgan fingerprint density at radius 2 is 1.74 bits per heavy atom. The second-order valence-electron chi connectivity index (χ2n) is 8.71. The van der Waals surface area contributed by atoms with Crippen LogP contribution in [0.1, 0.15) is 39.7 Å². The van der Waals surface area contributed by atoms with Crippen molar-refractivity contribution >= 4 is 23.4 Å². The summed E-state index contributed by atoms with van der Waals surface area (Å²) in [5.74, 6) is -1.34. The molecule has 6 heteroatoms. The summed E-state index contributed by atoms with van der Waals surface area (Å²) in [6.45, 7) is 7.90. The van der Waals surface area contributed by atoms with Crippen molar-refractivity contribution in [1.82, 2.24) is 10.2 Å². The summed E-state index contributed by atoms with van der Waals surface area (Å²) in [5, 5.41) is 3.50. The molecule has 6 nitrogen and oxygen atoms in total. The quantitative estimate of drug-likeness (QED) is 0.826. The first kappa shape index (κ1) is 18.2. The molecule has 1 aromatic carbocycles. The van der Waals surface area contributed by atoms with Gasteiger partial charge in [0.25, 0.3) is 5.91 Å². The predicted octanol–water partition coefficient (Wildman–Crippen LogP) is 1.89. The highest BCUT2D eigenvalue weighted by molar-refractivity contribution is 6.15. The molecule has 144 valence electrons. The van der Waals surface area contributed by atoms with Crippen LogP contribution in [0, 0.1) is 17.8 Å². The zero-order chi connectivity index (χ0) is 19.7. The first-order valence-corrected chi connectivity index (χ1v) is 9.74. The second kappa shape index (κ2) is 5.89. The molecular weight excluding hydrogens is 342 g/mol. The van der Waals surface area contributed by atoms with E-state index in [1.54, 1.807) is 11.9 Å². The standard InChI is InChI=1S/C21H27N3O3/c1-11(2)10-14-16-17(19(26)24(12(3)4)18(16)25)21(22-14)13-8-6-7-9-15(13)23(5)20(21)27/h6-9,11-12,14,16-17,22H,10H2,1-5H3/t14-,16-,17-,21-/m0/s1. The van der Waals surface area contributed by atoms with E-state index in [2.05, 4.69) is 19.2 Å². The van der Waals surface area contributed by atoms with Crippen LogP contribution in [0.5, 0.6) is 0 Å². The van der Waals surface area contributed by atoms with Gasteiger partial charge in [-0.05, 0) is 32.3 Å². The minimum Gasteiger partial charge on any atom is -0.313 e. The van der Waals surface area contributed by atoms with E-state index in [1.165, 1.54) is 4.90 Å². The van der Waals surface area contributed by atoms with Crippen LogP contribution in [-0.2, 0) is 19.9 Å². The third-order valence-electron chi connectivity index (χ3n) is 6.27. The molecule has 1 N–H and O–H groups in total. The molecule has 2 fully saturated rings. The lowest BCUT2D eigenvalue weighted by atomic mass is 9.76. The van der Waals surface area contributed by atoms with Crippen LogP contribution in [0.3, 0.4) is 0 Å². The Morgan fingerprint density at radius 3 is 2.37 bits per heavy atom. The van der Waals surface area contributed by atoms with E-state index < -0.39 is 17.4 Å². The fourth-order valence-electron chi connectivity index (χ4n) is 5.30.